The van der Waals surface area contributed by atoms with E-state index in [0.717, 1.165) is 19.3 Å². The Kier molecular flexibility index (Phi) is 3.90. The fourth-order valence-electron chi connectivity index (χ4n) is 2.32. The topological polar surface area (TPSA) is 60.2 Å². The van der Waals surface area contributed by atoms with E-state index in [-0.39, 0.29) is 11.3 Å². The molecule has 5 heteroatoms. The van der Waals surface area contributed by atoms with E-state index in [2.05, 4.69) is 15.9 Å². The molecule has 2 rings (SSSR count). The van der Waals surface area contributed by atoms with Gasteiger partial charge >= 0.3 is 0 Å². The molecule has 2 N–H and O–H groups in total. The van der Waals surface area contributed by atoms with Crippen LogP contribution in [-0.2, 0) is 9.84 Å². The molecule has 17 heavy (non-hydrogen) atoms. The van der Waals surface area contributed by atoms with E-state index in [1.165, 1.54) is 0 Å². The minimum atomic E-state index is -3.25. The van der Waals surface area contributed by atoms with Gasteiger partial charge in [0.1, 0.15) is 0 Å². The molecule has 0 radical (unpaired) electrons. The van der Waals surface area contributed by atoms with Gasteiger partial charge < -0.3 is 5.73 Å². The van der Waals surface area contributed by atoms with Crippen molar-refractivity contribution < 1.29 is 8.42 Å². The van der Waals surface area contributed by atoms with Gasteiger partial charge in [0.25, 0.3) is 0 Å². The van der Waals surface area contributed by atoms with Crippen LogP contribution in [-0.4, -0.2) is 19.7 Å². The summed E-state index contributed by atoms with van der Waals surface area (Å²) in [6, 6.07) is 7.00. The summed E-state index contributed by atoms with van der Waals surface area (Å²) < 4.78 is 25.6. The molecule has 2 atom stereocenters. The average Bonchev–Trinajstić information content (AvgIpc) is 2.29. The van der Waals surface area contributed by atoms with E-state index in [0.29, 0.717) is 15.8 Å². The van der Waals surface area contributed by atoms with Crippen molar-refractivity contribution >= 4 is 25.8 Å². The van der Waals surface area contributed by atoms with Gasteiger partial charge in [-0.1, -0.05) is 18.6 Å². The lowest BCUT2D eigenvalue weighted by atomic mass is 9.96. The van der Waals surface area contributed by atoms with Crippen molar-refractivity contribution in [3.05, 3.63) is 28.7 Å². The van der Waals surface area contributed by atoms with Crippen LogP contribution in [0, 0.1) is 0 Å². The third-order valence-corrected chi connectivity index (χ3v) is 6.48. The van der Waals surface area contributed by atoms with Crippen LogP contribution < -0.4 is 5.73 Å². The molecule has 0 heterocycles. The van der Waals surface area contributed by atoms with Gasteiger partial charge in [-0.05, 0) is 47.3 Å². The fraction of sp³-hybridized carbons (Fsp3) is 0.500. The van der Waals surface area contributed by atoms with Gasteiger partial charge in [0.2, 0.25) is 0 Å². The Hall–Kier alpha value is -0.390. The smallest absolute Gasteiger partial charge is 0.182 e. The van der Waals surface area contributed by atoms with E-state index in [4.69, 9.17) is 5.73 Å². The quantitative estimate of drug-likeness (QED) is 0.911. The summed E-state index contributed by atoms with van der Waals surface area (Å²) in [5.41, 5.74) is 5.86. The predicted molar refractivity (Wildman–Crippen MR) is 71.6 cm³/mol. The van der Waals surface area contributed by atoms with E-state index in [1.54, 1.807) is 18.2 Å². The van der Waals surface area contributed by atoms with Gasteiger partial charge in [-0.15, -0.1) is 0 Å². The second kappa shape index (κ2) is 5.08. The molecule has 1 aliphatic rings. The Balaban J connectivity index is 2.33. The third-order valence-electron chi connectivity index (χ3n) is 3.25. The monoisotopic (exact) mass is 317 g/mol. The summed E-state index contributed by atoms with van der Waals surface area (Å²) in [6.07, 6.45) is 3.12. The van der Waals surface area contributed by atoms with Crippen LogP contribution in [0.3, 0.4) is 0 Å². The first-order valence-corrected chi connectivity index (χ1v) is 8.10. The summed E-state index contributed by atoms with van der Waals surface area (Å²) in [5, 5.41) is -0.329. The first-order valence-electron chi connectivity index (χ1n) is 5.76. The molecule has 1 aromatic rings. The summed E-state index contributed by atoms with van der Waals surface area (Å²) in [5.74, 6) is 0. The average molecular weight is 318 g/mol. The van der Waals surface area contributed by atoms with Crippen molar-refractivity contribution in [2.24, 2.45) is 5.73 Å². The molecule has 1 fully saturated rings. The largest absolute Gasteiger partial charge is 0.328 e. The van der Waals surface area contributed by atoms with Crippen molar-refractivity contribution in [2.75, 3.05) is 0 Å². The number of sulfone groups is 1. The van der Waals surface area contributed by atoms with Gasteiger partial charge in [-0.25, -0.2) is 8.42 Å². The van der Waals surface area contributed by atoms with Crippen molar-refractivity contribution in [1.82, 2.24) is 0 Å². The van der Waals surface area contributed by atoms with E-state index < -0.39 is 9.84 Å². The molecule has 0 aromatic heterocycles. The molecule has 0 bridgehead atoms. The second-order valence-corrected chi connectivity index (χ2v) is 7.57. The van der Waals surface area contributed by atoms with Gasteiger partial charge in [0.05, 0.1) is 10.1 Å². The molecule has 0 amide bonds. The summed E-state index contributed by atoms with van der Waals surface area (Å²) in [4.78, 5) is 0.388. The molecule has 1 aromatic carbocycles. The Bertz CT molecular complexity index is 501. The molecule has 0 saturated heterocycles. The van der Waals surface area contributed by atoms with Crippen LogP contribution in [0.2, 0.25) is 0 Å². The number of rotatable bonds is 2. The van der Waals surface area contributed by atoms with Crippen LogP contribution in [0.5, 0.6) is 0 Å². The molecule has 0 spiro atoms. The van der Waals surface area contributed by atoms with Crippen molar-refractivity contribution in [3.8, 4) is 0 Å². The van der Waals surface area contributed by atoms with Gasteiger partial charge in [0, 0.05) is 10.5 Å². The maximum Gasteiger partial charge on any atom is 0.182 e. The standard InChI is InChI=1S/C12H16BrNO2S/c13-11-6-1-2-7-12(11)17(15,16)10-5-3-4-9(14)8-10/h1-2,6-7,9-10H,3-5,8,14H2. The number of halogens is 1. The zero-order valence-electron chi connectivity index (χ0n) is 9.47. The predicted octanol–water partition coefficient (Wildman–Crippen LogP) is 2.49. The van der Waals surface area contributed by atoms with Crippen LogP contribution >= 0.6 is 15.9 Å². The number of benzene rings is 1. The maximum absolute atomic E-state index is 12.5. The van der Waals surface area contributed by atoms with Gasteiger partial charge in [-0.3, -0.25) is 0 Å². The minimum absolute atomic E-state index is 0.0195. The Morgan fingerprint density at radius 3 is 2.59 bits per heavy atom. The number of hydrogen-bond acceptors (Lipinski definition) is 3. The van der Waals surface area contributed by atoms with Gasteiger partial charge in [0.15, 0.2) is 9.84 Å². The molecular weight excluding hydrogens is 302 g/mol. The summed E-state index contributed by atoms with van der Waals surface area (Å²) >= 11 is 3.30. The lowest BCUT2D eigenvalue weighted by molar-refractivity contribution is 0.433. The first-order chi connectivity index (χ1) is 8.01. The van der Waals surface area contributed by atoms with Crippen LogP contribution in [0.15, 0.2) is 33.6 Å². The molecule has 3 nitrogen and oxygen atoms in total. The van der Waals surface area contributed by atoms with Crippen LogP contribution in [0.25, 0.3) is 0 Å². The lowest BCUT2D eigenvalue weighted by Crippen LogP contribution is -2.35. The van der Waals surface area contributed by atoms with E-state index in [9.17, 15) is 8.42 Å². The number of nitrogens with two attached hydrogens (primary N) is 1. The lowest BCUT2D eigenvalue weighted by Gasteiger charge is -2.26. The molecule has 1 aliphatic carbocycles. The summed E-state index contributed by atoms with van der Waals surface area (Å²) in [6.45, 7) is 0. The Labute approximate surface area is 110 Å². The highest BCUT2D eigenvalue weighted by atomic mass is 79.9. The molecule has 2 unspecified atom stereocenters. The first kappa shape index (κ1) is 13.1. The van der Waals surface area contributed by atoms with E-state index >= 15 is 0 Å². The zero-order chi connectivity index (χ0) is 12.5. The van der Waals surface area contributed by atoms with Crippen molar-refractivity contribution in [3.63, 3.8) is 0 Å². The zero-order valence-corrected chi connectivity index (χ0v) is 11.9. The normalized spacial score (nSPS) is 25.8. The van der Waals surface area contributed by atoms with Crippen LogP contribution in [0.4, 0.5) is 0 Å². The van der Waals surface area contributed by atoms with Crippen molar-refractivity contribution in [1.29, 1.82) is 0 Å². The number of hydrogen-bond donors (Lipinski definition) is 1. The minimum Gasteiger partial charge on any atom is -0.328 e. The fourth-order valence-corrected chi connectivity index (χ4v) is 5.22. The van der Waals surface area contributed by atoms with Crippen LogP contribution in [0.1, 0.15) is 25.7 Å². The Morgan fingerprint density at radius 1 is 1.24 bits per heavy atom. The summed E-state index contributed by atoms with van der Waals surface area (Å²) in [7, 11) is -3.25. The van der Waals surface area contributed by atoms with E-state index in [1.807, 2.05) is 6.07 Å². The highest BCUT2D eigenvalue weighted by Gasteiger charge is 2.32. The maximum atomic E-state index is 12.5. The molecule has 94 valence electrons. The van der Waals surface area contributed by atoms with Gasteiger partial charge in [-0.2, -0.15) is 0 Å². The highest BCUT2D eigenvalue weighted by molar-refractivity contribution is 9.10. The molecular formula is C12H16BrNO2S. The molecule has 0 aliphatic heterocycles. The Morgan fingerprint density at radius 2 is 1.94 bits per heavy atom. The SMILES string of the molecule is NC1CCCC(S(=O)(=O)c2ccccc2Br)C1. The third kappa shape index (κ3) is 2.72. The second-order valence-electron chi connectivity index (χ2n) is 4.52. The highest BCUT2D eigenvalue weighted by Crippen LogP contribution is 2.31. The molecule has 1 saturated carbocycles. The van der Waals surface area contributed by atoms with Crippen molar-refractivity contribution in [2.45, 2.75) is 41.9 Å².